The number of nitrogens with two attached hydrogens (primary N) is 1. The van der Waals surface area contributed by atoms with Gasteiger partial charge in [0.05, 0.1) is 0 Å². The Hall–Kier alpha value is -1.85. The zero-order valence-electron chi connectivity index (χ0n) is 8.90. The van der Waals surface area contributed by atoms with Crippen molar-refractivity contribution in [2.75, 3.05) is 31.7 Å². The van der Waals surface area contributed by atoms with Gasteiger partial charge < -0.3 is 16.0 Å². The summed E-state index contributed by atoms with van der Waals surface area (Å²) in [6.07, 6.45) is 0.430. The van der Waals surface area contributed by atoms with Gasteiger partial charge in [0.2, 0.25) is 5.91 Å². The third-order valence-electron chi connectivity index (χ3n) is 1.83. The SMILES string of the molecule is CN(C)C(=O)CCNc1ccc(N)nn1. The molecule has 15 heavy (non-hydrogen) atoms. The van der Waals surface area contributed by atoms with Gasteiger partial charge in [0.1, 0.15) is 11.6 Å². The highest BCUT2D eigenvalue weighted by atomic mass is 16.2. The third kappa shape index (κ3) is 3.80. The van der Waals surface area contributed by atoms with E-state index in [2.05, 4.69) is 15.5 Å². The van der Waals surface area contributed by atoms with Gasteiger partial charge in [-0.25, -0.2) is 0 Å². The molecule has 0 radical (unpaired) electrons. The fraction of sp³-hybridized carbons (Fsp3) is 0.444. The number of carbonyl (C=O) groups excluding carboxylic acids is 1. The number of carbonyl (C=O) groups is 1. The fourth-order valence-electron chi connectivity index (χ4n) is 0.958. The van der Waals surface area contributed by atoms with Crippen LogP contribution in [0.5, 0.6) is 0 Å². The first-order valence-corrected chi connectivity index (χ1v) is 4.63. The van der Waals surface area contributed by atoms with E-state index in [4.69, 9.17) is 5.73 Å². The first kappa shape index (κ1) is 11.2. The Balaban J connectivity index is 2.32. The second kappa shape index (κ2) is 5.14. The van der Waals surface area contributed by atoms with Crippen LogP contribution in [0.4, 0.5) is 11.6 Å². The number of amides is 1. The number of rotatable bonds is 4. The average molecular weight is 209 g/mol. The van der Waals surface area contributed by atoms with Gasteiger partial charge in [-0.15, -0.1) is 10.2 Å². The normalized spacial score (nSPS) is 9.73. The maximum atomic E-state index is 11.2. The summed E-state index contributed by atoms with van der Waals surface area (Å²) in [6.45, 7) is 0.537. The van der Waals surface area contributed by atoms with Gasteiger partial charge in [-0.3, -0.25) is 4.79 Å². The fourth-order valence-corrected chi connectivity index (χ4v) is 0.958. The molecule has 6 heteroatoms. The number of anilines is 2. The largest absolute Gasteiger partial charge is 0.382 e. The predicted molar refractivity (Wildman–Crippen MR) is 58.2 cm³/mol. The molecule has 0 aliphatic carbocycles. The average Bonchev–Trinajstić information content (AvgIpc) is 2.20. The van der Waals surface area contributed by atoms with E-state index in [1.165, 1.54) is 0 Å². The molecule has 82 valence electrons. The lowest BCUT2D eigenvalue weighted by Gasteiger charge is -2.10. The van der Waals surface area contributed by atoms with E-state index in [9.17, 15) is 4.79 Å². The standard InChI is InChI=1S/C9H15N5O/c1-14(2)9(15)5-6-11-8-4-3-7(10)12-13-8/h3-4H,5-6H2,1-2H3,(H2,10,12)(H,11,13). The van der Waals surface area contributed by atoms with Crippen molar-refractivity contribution in [3.8, 4) is 0 Å². The van der Waals surface area contributed by atoms with Crippen molar-refractivity contribution in [2.24, 2.45) is 0 Å². The lowest BCUT2D eigenvalue weighted by Crippen LogP contribution is -2.24. The first-order valence-electron chi connectivity index (χ1n) is 4.63. The minimum atomic E-state index is 0.0749. The number of hydrogen-bond donors (Lipinski definition) is 2. The number of nitrogen functional groups attached to an aromatic ring is 1. The van der Waals surface area contributed by atoms with Gasteiger partial charge in [0.15, 0.2) is 0 Å². The van der Waals surface area contributed by atoms with Crippen LogP contribution in [0.1, 0.15) is 6.42 Å². The Bertz CT molecular complexity index is 322. The maximum Gasteiger partial charge on any atom is 0.223 e. The molecule has 1 rings (SSSR count). The van der Waals surface area contributed by atoms with Crippen LogP contribution in [0.25, 0.3) is 0 Å². The predicted octanol–water partition coefficient (Wildman–Crippen LogP) is -0.0510. The summed E-state index contributed by atoms with van der Waals surface area (Å²) in [7, 11) is 3.46. The molecular formula is C9H15N5O. The van der Waals surface area contributed by atoms with Crippen molar-refractivity contribution in [2.45, 2.75) is 6.42 Å². The van der Waals surface area contributed by atoms with Gasteiger partial charge >= 0.3 is 0 Å². The molecule has 0 fully saturated rings. The van der Waals surface area contributed by atoms with Gasteiger partial charge in [-0.1, -0.05) is 0 Å². The highest BCUT2D eigenvalue weighted by Crippen LogP contribution is 2.02. The maximum absolute atomic E-state index is 11.2. The van der Waals surface area contributed by atoms with E-state index in [1.54, 1.807) is 31.1 Å². The number of nitrogens with one attached hydrogen (secondary N) is 1. The molecule has 1 aromatic heterocycles. The van der Waals surface area contributed by atoms with Crippen molar-refractivity contribution in [1.82, 2.24) is 15.1 Å². The van der Waals surface area contributed by atoms with E-state index in [0.717, 1.165) is 0 Å². The summed E-state index contributed by atoms with van der Waals surface area (Å²) in [5, 5.41) is 10.5. The summed E-state index contributed by atoms with van der Waals surface area (Å²) < 4.78 is 0. The number of hydrogen-bond acceptors (Lipinski definition) is 5. The van der Waals surface area contributed by atoms with Crippen molar-refractivity contribution in [3.05, 3.63) is 12.1 Å². The topological polar surface area (TPSA) is 84.1 Å². The van der Waals surface area contributed by atoms with Gasteiger partial charge in [-0.05, 0) is 12.1 Å². The minimum absolute atomic E-state index is 0.0749. The molecule has 0 spiro atoms. The summed E-state index contributed by atoms with van der Waals surface area (Å²) in [5.41, 5.74) is 5.38. The van der Waals surface area contributed by atoms with Crippen molar-refractivity contribution >= 4 is 17.5 Å². The Morgan fingerprint density at radius 3 is 2.73 bits per heavy atom. The van der Waals surface area contributed by atoms with Crippen LogP contribution in [0, 0.1) is 0 Å². The smallest absolute Gasteiger partial charge is 0.223 e. The molecule has 1 heterocycles. The Morgan fingerprint density at radius 2 is 2.20 bits per heavy atom. The van der Waals surface area contributed by atoms with E-state index in [-0.39, 0.29) is 5.91 Å². The number of aromatic nitrogens is 2. The van der Waals surface area contributed by atoms with Gasteiger partial charge in [0.25, 0.3) is 0 Å². The second-order valence-electron chi connectivity index (χ2n) is 3.31. The van der Waals surface area contributed by atoms with E-state index >= 15 is 0 Å². The number of nitrogens with zero attached hydrogens (tertiary/aromatic N) is 3. The van der Waals surface area contributed by atoms with E-state index in [0.29, 0.717) is 24.6 Å². The second-order valence-corrected chi connectivity index (χ2v) is 3.31. The van der Waals surface area contributed by atoms with E-state index < -0.39 is 0 Å². The molecule has 1 amide bonds. The summed E-state index contributed by atoms with van der Waals surface area (Å²) in [4.78, 5) is 12.8. The van der Waals surface area contributed by atoms with Crippen molar-refractivity contribution in [3.63, 3.8) is 0 Å². The minimum Gasteiger partial charge on any atom is -0.382 e. The molecule has 0 unspecified atom stereocenters. The molecule has 1 aromatic rings. The quantitative estimate of drug-likeness (QED) is 0.726. The summed E-state index contributed by atoms with van der Waals surface area (Å²) in [6, 6.07) is 3.38. The molecule has 0 saturated heterocycles. The van der Waals surface area contributed by atoms with Crippen LogP contribution in [0.3, 0.4) is 0 Å². The molecular weight excluding hydrogens is 194 g/mol. The Labute approximate surface area is 88.5 Å². The lowest BCUT2D eigenvalue weighted by atomic mass is 10.4. The molecule has 3 N–H and O–H groups in total. The molecule has 0 aliphatic rings. The molecule has 0 bridgehead atoms. The highest BCUT2D eigenvalue weighted by molar-refractivity contribution is 5.76. The Morgan fingerprint density at radius 1 is 1.47 bits per heavy atom. The van der Waals surface area contributed by atoms with Crippen LogP contribution in [0.2, 0.25) is 0 Å². The monoisotopic (exact) mass is 209 g/mol. The summed E-state index contributed by atoms with van der Waals surface area (Å²) >= 11 is 0. The lowest BCUT2D eigenvalue weighted by molar-refractivity contribution is -0.128. The zero-order chi connectivity index (χ0) is 11.3. The van der Waals surface area contributed by atoms with Crippen LogP contribution < -0.4 is 11.1 Å². The van der Waals surface area contributed by atoms with Crippen LogP contribution >= 0.6 is 0 Å². The zero-order valence-corrected chi connectivity index (χ0v) is 8.90. The molecule has 6 nitrogen and oxygen atoms in total. The Kier molecular flexibility index (Phi) is 3.84. The van der Waals surface area contributed by atoms with Crippen molar-refractivity contribution < 1.29 is 4.79 Å². The highest BCUT2D eigenvalue weighted by Gasteiger charge is 2.03. The van der Waals surface area contributed by atoms with Gasteiger partial charge in [0, 0.05) is 27.1 Å². The first-order chi connectivity index (χ1) is 7.09. The molecule has 0 saturated carbocycles. The summed E-state index contributed by atoms with van der Waals surface area (Å²) in [5.74, 6) is 1.08. The van der Waals surface area contributed by atoms with Crippen LogP contribution in [-0.4, -0.2) is 41.6 Å². The van der Waals surface area contributed by atoms with E-state index in [1.807, 2.05) is 0 Å². The third-order valence-corrected chi connectivity index (χ3v) is 1.83. The van der Waals surface area contributed by atoms with Gasteiger partial charge in [-0.2, -0.15) is 0 Å². The molecule has 0 atom stereocenters. The van der Waals surface area contributed by atoms with Crippen LogP contribution in [0.15, 0.2) is 12.1 Å². The van der Waals surface area contributed by atoms with Crippen LogP contribution in [-0.2, 0) is 4.79 Å². The molecule has 0 aromatic carbocycles. The molecule has 0 aliphatic heterocycles. The van der Waals surface area contributed by atoms with Crippen molar-refractivity contribution in [1.29, 1.82) is 0 Å².